The zero-order chi connectivity index (χ0) is 19.2. The van der Waals surface area contributed by atoms with Crippen LogP contribution in [0.4, 0.5) is 0 Å². The molecule has 160 valence electrons. The monoisotopic (exact) mass is 425 g/mol. The molecule has 0 saturated heterocycles. The van der Waals surface area contributed by atoms with Crippen molar-refractivity contribution >= 4 is 12.4 Å². The molecule has 30 heavy (non-hydrogen) atoms. The van der Waals surface area contributed by atoms with Crippen LogP contribution in [-0.2, 0) is 25.7 Å². The van der Waals surface area contributed by atoms with Gasteiger partial charge < -0.3 is 14.8 Å². The number of nitrogens with one attached hydrogen (secondary N) is 1. The molecule has 0 aromatic heterocycles. The Kier molecular flexibility index (Phi) is 5.68. The molecule has 4 aliphatic rings. The molecular formula is C26H32ClNO2. The van der Waals surface area contributed by atoms with E-state index in [0.717, 1.165) is 62.5 Å². The summed E-state index contributed by atoms with van der Waals surface area (Å²) in [7, 11) is 0. The van der Waals surface area contributed by atoms with Crippen LogP contribution in [0.2, 0.25) is 0 Å². The van der Waals surface area contributed by atoms with Crippen molar-refractivity contribution < 1.29 is 9.47 Å². The van der Waals surface area contributed by atoms with E-state index in [9.17, 15) is 0 Å². The highest BCUT2D eigenvalue weighted by molar-refractivity contribution is 5.85. The first-order valence-electron chi connectivity index (χ1n) is 11.6. The van der Waals surface area contributed by atoms with Crippen molar-refractivity contribution in [2.45, 2.75) is 63.2 Å². The first kappa shape index (κ1) is 20.2. The Balaban J connectivity index is 0.00000193. The molecule has 2 aliphatic carbocycles. The van der Waals surface area contributed by atoms with Gasteiger partial charge in [0.05, 0.1) is 13.2 Å². The van der Waals surface area contributed by atoms with Gasteiger partial charge in [0, 0.05) is 24.0 Å². The average Bonchev–Trinajstić information content (AvgIpc) is 3.51. The fourth-order valence-corrected chi connectivity index (χ4v) is 6.35. The molecule has 0 bridgehead atoms. The lowest BCUT2D eigenvalue weighted by atomic mass is 9.91. The summed E-state index contributed by atoms with van der Waals surface area (Å²) >= 11 is 0. The molecule has 4 heteroatoms. The molecule has 2 heterocycles. The highest BCUT2D eigenvalue weighted by atomic mass is 35.5. The summed E-state index contributed by atoms with van der Waals surface area (Å²) in [6.07, 6.45) is 9.86. The van der Waals surface area contributed by atoms with Crippen LogP contribution in [0.15, 0.2) is 24.3 Å². The van der Waals surface area contributed by atoms with Crippen LogP contribution in [0.5, 0.6) is 11.5 Å². The Labute approximate surface area is 186 Å². The van der Waals surface area contributed by atoms with Crippen LogP contribution in [0, 0.1) is 0 Å². The summed E-state index contributed by atoms with van der Waals surface area (Å²) in [6, 6.07) is 9.02. The molecule has 0 fully saturated rings. The van der Waals surface area contributed by atoms with Crippen molar-refractivity contribution in [3.63, 3.8) is 0 Å². The fraction of sp³-hybridized carbons (Fsp3) is 0.538. The van der Waals surface area contributed by atoms with E-state index in [1.807, 2.05) is 0 Å². The average molecular weight is 426 g/mol. The minimum absolute atomic E-state index is 0. The van der Waals surface area contributed by atoms with E-state index < -0.39 is 0 Å². The minimum atomic E-state index is 0. The number of rotatable bonds is 6. The van der Waals surface area contributed by atoms with Gasteiger partial charge in [-0.3, -0.25) is 0 Å². The van der Waals surface area contributed by atoms with E-state index in [2.05, 4.69) is 29.6 Å². The molecule has 6 rings (SSSR count). The molecule has 2 aromatic rings. The van der Waals surface area contributed by atoms with E-state index in [4.69, 9.17) is 9.47 Å². The molecule has 2 aromatic carbocycles. The van der Waals surface area contributed by atoms with Crippen molar-refractivity contribution in [1.82, 2.24) is 5.32 Å². The summed E-state index contributed by atoms with van der Waals surface area (Å²) in [5.41, 5.74) is 9.48. The maximum atomic E-state index is 5.81. The number of ether oxygens (including phenoxy) is 2. The molecule has 2 atom stereocenters. The van der Waals surface area contributed by atoms with Gasteiger partial charge in [0.1, 0.15) is 11.5 Å². The van der Waals surface area contributed by atoms with E-state index in [1.165, 1.54) is 49.7 Å². The maximum absolute atomic E-state index is 5.81. The van der Waals surface area contributed by atoms with Gasteiger partial charge in [-0.25, -0.2) is 0 Å². The van der Waals surface area contributed by atoms with Crippen molar-refractivity contribution in [2.24, 2.45) is 0 Å². The third kappa shape index (κ3) is 3.40. The maximum Gasteiger partial charge on any atom is 0.122 e. The zero-order valence-electron chi connectivity index (χ0n) is 17.7. The van der Waals surface area contributed by atoms with Gasteiger partial charge in [0.15, 0.2) is 0 Å². The summed E-state index contributed by atoms with van der Waals surface area (Å²) in [5, 5.41) is 3.77. The summed E-state index contributed by atoms with van der Waals surface area (Å²) < 4.78 is 11.6. The number of fused-ring (bicyclic) bond motifs is 6. The second-order valence-electron chi connectivity index (χ2n) is 9.23. The first-order chi connectivity index (χ1) is 14.4. The van der Waals surface area contributed by atoms with Crippen LogP contribution in [0.1, 0.15) is 70.9 Å². The van der Waals surface area contributed by atoms with Crippen molar-refractivity contribution in [3.05, 3.63) is 57.6 Å². The Morgan fingerprint density at radius 2 is 1.20 bits per heavy atom. The lowest BCUT2D eigenvalue weighted by Gasteiger charge is -2.17. The summed E-state index contributed by atoms with van der Waals surface area (Å²) in [4.78, 5) is 0. The summed E-state index contributed by atoms with van der Waals surface area (Å²) in [6.45, 7) is 4.00. The van der Waals surface area contributed by atoms with Gasteiger partial charge in [-0.2, -0.15) is 0 Å². The first-order valence-corrected chi connectivity index (χ1v) is 11.6. The van der Waals surface area contributed by atoms with Crippen LogP contribution < -0.4 is 14.8 Å². The molecular weight excluding hydrogens is 394 g/mol. The van der Waals surface area contributed by atoms with Gasteiger partial charge in [-0.1, -0.05) is 12.1 Å². The molecule has 2 unspecified atom stereocenters. The molecule has 0 radical (unpaired) electrons. The van der Waals surface area contributed by atoms with Crippen LogP contribution >= 0.6 is 12.4 Å². The Morgan fingerprint density at radius 3 is 1.70 bits per heavy atom. The second-order valence-corrected chi connectivity index (χ2v) is 9.23. The molecule has 0 amide bonds. The Bertz CT molecular complexity index is 866. The predicted octanol–water partition coefficient (Wildman–Crippen LogP) is 5.11. The van der Waals surface area contributed by atoms with Crippen LogP contribution in [0.25, 0.3) is 0 Å². The number of halogens is 1. The Morgan fingerprint density at radius 1 is 0.700 bits per heavy atom. The van der Waals surface area contributed by atoms with E-state index in [-0.39, 0.29) is 12.4 Å². The highest BCUT2D eigenvalue weighted by Crippen LogP contribution is 2.44. The fourth-order valence-electron chi connectivity index (χ4n) is 6.35. The number of benzene rings is 2. The predicted molar refractivity (Wildman–Crippen MR) is 123 cm³/mol. The number of aryl methyl sites for hydroxylation is 2. The smallest absolute Gasteiger partial charge is 0.122 e. The topological polar surface area (TPSA) is 30.5 Å². The van der Waals surface area contributed by atoms with E-state index in [1.54, 1.807) is 22.3 Å². The van der Waals surface area contributed by atoms with Gasteiger partial charge in [0.25, 0.3) is 0 Å². The lowest BCUT2D eigenvalue weighted by molar-refractivity contribution is 0.356. The number of hydrogen-bond acceptors (Lipinski definition) is 3. The molecule has 2 aliphatic heterocycles. The molecule has 0 saturated carbocycles. The molecule has 1 N–H and O–H groups in total. The van der Waals surface area contributed by atoms with Crippen LogP contribution in [0.3, 0.4) is 0 Å². The third-order valence-corrected chi connectivity index (χ3v) is 7.71. The van der Waals surface area contributed by atoms with Gasteiger partial charge in [0.2, 0.25) is 0 Å². The molecule has 0 spiro atoms. The van der Waals surface area contributed by atoms with Crippen LogP contribution in [-0.4, -0.2) is 26.3 Å². The van der Waals surface area contributed by atoms with Crippen molar-refractivity contribution in [2.75, 3.05) is 26.3 Å². The number of hydrogen-bond donors (Lipinski definition) is 1. The third-order valence-electron chi connectivity index (χ3n) is 7.71. The zero-order valence-corrected chi connectivity index (χ0v) is 18.5. The quantitative estimate of drug-likeness (QED) is 0.652. The normalized spacial score (nSPS) is 22.5. The van der Waals surface area contributed by atoms with Gasteiger partial charge in [-0.05, 0) is 97.8 Å². The van der Waals surface area contributed by atoms with E-state index in [0.29, 0.717) is 0 Å². The summed E-state index contributed by atoms with van der Waals surface area (Å²) in [5.74, 6) is 3.75. The lowest BCUT2D eigenvalue weighted by Crippen LogP contribution is -2.20. The van der Waals surface area contributed by atoms with Crippen molar-refractivity contribution in [3.8, 4) is 11.5 Å². The van der Waals surface area contributed by atoms with Gasteiger partial charge >= 0.3 is 0 Å². The SMILES string of the molecule is Cl.c1cc2c(c3c1CCC3CCNCCC1CCc3ccc4c(c31)CCO4)CCO2. The second kappa shape index (κ2) is 8.43. The van der Waals surface area contributed by atoms with E-state index >= 15 is 0 Å². The Hall–Kier alpha value is -1.71. The largest absolute Gasteiger partial charge is 0.493 e. The van der Waals surface area contributed by atoms with Gasteiger partial charge in [-0.15, -0.1) is 12.4 Å². The highest BCUT2D eigenvalue weighted by Gasteiger charge is 2.30. The molecule has 3 nitrogen and oxygen atoms in total. The standard InChI is InChI=1S/C26H31NO2.ClH/c1-3-19(25-17(1)5-7-23-21(25)11-15-28-23)9-13-27-14-10-20-4-2-18-6-8-24-22(26(18)20)12-16-29-24;/h5-8,19-20,27H,1-4,9-16H2;1H. The minimum Gasteiger partial charge on any atom is -0.493 e. The van der Waals surface area contributed by atoms with Crippen molar-refractivity contribution in [1.29, 1.82) is 0 Å².